The Morgan fingerprint density at radius 3 is 2.08 bits per heavy atom. The highest BCUT2D eigenvalue weighted by Crippen LogP contribution is 2.51. The first kappa shape index (κ1) is 31.6. The monoisotopic (exact) mass is 564 g/mol. The van der Waals surface area contributed by atoms with Gasteiger partial charge in [-0.25, -0.2) is 9.18 Å². The van der Waals surface area contributed by atoms with Gasteiger partial charge in [0.15, 0.2) is 11.9 Å². The molecule has 2 N–H and O–H groups in total. The normalized spacial score (nSPS) is 24.5. The van der Waals surface area contributed by atoms with Gasteiger partial charge in [-0.2, -0.15) is 0 Å². The molecule has 1 aliphatic rings. The molecule has 0 aliphatic carbocycles. The van der Waals surface area contributed by atoms with E-state index in [1.165, 1.54) is 0 Å². The van der Waals surface area contributed by atoms with Crippen LogP contribution in [0.3, 0.4) is 0 Å². The van der Waals surface area contributed by atoms with Crippen molar-refractivity contribution < 1.29 is 46.9 Å². The zero-order valence-electron chi connectivity index (χ0n) is 22.3. The lowest BCUT2D eigenvalue weighted by Gasteiger charge is -2.24. The fourth-order valence-electron chi connectivity index (χ4n) is 2.98. The summed E-state index contributed by atoms with van der Waals surface area (Å²) in [5, 5.41) is 10.5. The van der Waals surface area contributed by atoms with E-state index in [0.29, 0.717) is 0 Å². The molecule has 38 heavy (non-hydrogen) atoms. The smallest absolute Gasteiger partial charge is 0.359 e. The molecule has 1 fully saturated rings. The third kappa shape index (κ3) is 7.93. The van der Waals surface area contributed by atoms with Gasteiger partial charge in [0.25, 0.3) is 5.56 Å². The van der Waals surface area contributed by atoms with Gasteiger partial charge in [-0.3, -0.25) is 37.5 Å². The lowest BCUT2D eigenvalue weighted by atomic mass is 9.98. The largest absolute Gasteiger partial charge is 0.438 e. The van der Waals surface area contributed by atoms with Crippen LogP contribution in [0.25, 0.3) is 0 Å². The van der Waals surface area contributed by atoms with E-state index in [2.05, 4.69) is 0 Å². The van der Waals surface area contributed by atoms with Crippen molar-refractivity contribution in [2.45, 2.75) is 72.6 Å². The van der Waals surface area contributed by atoms with Crippen molar-refractivity contribution in [3.05, 3.63) is 45.0 Å². The van der Waals surface area contributed by atoms with E-state index in [9.17, 15) is 28.8 Å². The first-order valence-corrected chi connectivity index (χ1v) is 13.2. The van der Waals surface area contributed by atoms with Crippen molar-refractivity contribution in [3.63, 3.8) is 0 Å². The van der Waals surface area contributed by atoms with Crippen LogP contribution < -0.4 is 11.2 Å². The number of aliphatic hydroxyl groups is 1. The summed E-state index contributed by atoms with van der Waals surface area (Å²) >= 11 is 0. The van der Waals surface area contributed by atoms with Gasteiger partial charge in [0.1, 0.15) is 12.2 Å². The minimum Gasteiger partial charge on any atom is -0.438 e. The molecule has 1 aliphatic heterocycles. The quantitative estimate of drug-likeness (QED) is 0.256. The minimum absolute atomic E-state index is 0.663. The van der Waals surface area contributed by atoms with Crippen molar-refractivity contribution in [2.75, 3.05) is 13.6 Å². The second-order valence-electron chi connectivity index (χ2n) is 10.8. The Balaban J connectivity index is 2.24. The highest BCUT2D eigenvalue weighted by atomic mass is 31.2. The number of alkyl halides is 1. The molecule has 0 saturated carbocycles. The van der Waals surface area contributed by atoms with E-state index in [4.69, 9.17) is 23.3 Å². The molecule has 0 aromatic carbocycles. The summed E-state index contributed by atoms with van der Waals surface area (Å²) in [4.78, 5) is 49.4. The lowest BCUT2D eigenvalue weighted by molar-refractivity contribution is -0.161. The maximum absolute atomic E-state index is 15.4. The average molecular weight is 565 g/mol. The second-order valence-corrected chi connectivity index (χ2v) is 12.7. The van der Waals surface area contributed by atoms with Crippen LogP contribution in [0.15, 0.2) is 33.7 Å². The number of nitrogens with zero attached hydrogens (tertiary/aromatic N) is 1. The van der Waals surface area contributed by atoms with Crippen molar-refractivity contribution in [3.8, 4) is 0 Å². The van der Waals surface area contributed by atoms with E-state index in [1.54, 1.807) is 41.5 Å². The molecule has 1 saturated heterocycles. The third-order valence-electron chi connectivity index (χ3n) is 5.29. The van der Waals surface area contributed by atoms with Crippen molar-refractivity contribution in [1.29, 1.82) is 0 Å². The van der Waals surface area contributed by atoms with Gasteiger partial charge in [0.2, 0.25) is 13.6 Å². The van der Waals surface area contributed by atoms with Crippen molar-refractivity contribution in [2.24, 2.45) is 10.8 Å². The number of rotatable bonds is 9. The number of hydrogen-bond acceptors (Lipinski definition) is 11. The van der Waals surface area contributed by atoms with E-state index in [0.717, 1.165) is 35.6 Å². The molecule has 2 heterocycles. The summed E-state index contributed by atoms with van der Waals surface area (Å²) in [6, 6.07) is 0.976. The van der Waals surface area contributed by atoms with E-state index >= 15 is 4.39 Å². The number of aromatic amines is 1. The molecule has 1 aromatic heterocycles. The van der Waals surface area contributed by atoms with Crippen LogP contribution in [-0.4, -0.2) is 58.1 Å². The molecule has 0 spiro atoms. The molecule has 13 nitrogen and oxygen atoms in total. The van der Waals surface area contributed by atoms with Crippen LogP contribution >= 0.6 is 7.60 Å². The van der Waals surface area contributed by atoms with Crippen LogP contribution in [0.5, 0.6) is 0 Å². The molecule has 214 valence electrons. The molecule has 0 radical (unpaired) electrons. The van der Waals surface area contributed by atoms with Gasteiger partial charge < -0.3 is 19.3 Å². The number of carbonyl (C=O) groups is 2. The lowest BCUT2D eigenvalue weighted by Crippen LogP contribution is -2.43. The number of aliphatic hydroxyl groups excluding tert-OH is 1. The highest BCUT2D eigenvalue weighted by Gasteiger charge is 2.54. The van der Waals surface area contributed by atoms with Gasteiger partial charge in [-0.15, -0.1) is 0 Å². The number of H-pyrrole nitrogens is 1. The summed E-state index contributed by atoms with van der Waals surface area (Å²) in [5.41, 5.74) is -5.96. The maximum Gasteiger partial charge on any atom is 0.359 e. The van der Waals surface area contributed by atoms with Crippen molar-refractivity contribution >= 4 is 19.5 Å². The zero-order valence-corrected chi connectivity index (χ0v) is 23.2. The average Bonchev–Trinajstić information content (AvgIpc) is 3.00. The number of nitrogens with one attached hydrogen (secondary N) is 1. The topological polar surface area (TPSA) is 172 Å². The van der Waals surface area contributed by atoms with Gasteiger partial charge in [-0.05, 0) is 54.5 Å². The third-order valence-corrected chi connectivity index (χ3v) is 6.76. The van der Waals surface area contributed by atoms with Crippen LogP contribution in [0.4, 0.5) is 4.39 Å². The Hall–Kier alpha value is -2.64. The number of aromatic nitrogens is 2. The first-order chi connectivity index (χ1) is 17.3. The summed E-state index contributed by atoms with van der Waals surface area (Å²) in [6.45, 7) is 8.94. The fourth-order valence-corrected chi connectivity index (χ4v) is 4.00. The van der Waals surface area contributed by atoms with Crippen LogP contribution in [0.2, 0.25) is 0 Å². The van der Waals surface area contributed by atoms with Crippen LogP contribution in [0, 0.1) is 10.8 Å². The van der Waals surface area contributed by atoms with Gasteiger partial charge in [0.05, 0.1) is 10.8 Å². The number of ether oxygens (including phenoxy) is 3. The highest BCUT2D eigenvalue weighted by molar-refractivity contribution is 7.57. The SMILES string of the molecule is CC(C)(C)C(=O)OCOP(=O)(/C=C\[C@H]1O[C@@H](n2ccc(=O)[nH]c2=O)C(C)(F)[C@H]1O)OCOC(=O)C(C)(C)C. The number of carbonyl (C=O) groups excluding carboxylic acids is 2. The molecule has 0 bridgehead atoms. The van der Waals surface area contributed by atoms with Gasteiger partial charge >= 0.3 is 25.2 Å². The Bertz CT molecular complexity index is 1170. The van der Waals surface area contributed by atoms with Crippen LogP contribution in [0.1, 0.15) is 54.7 Å². The maximum atomic E-state index is 15.4. The van der Waals surface area contributed by atoms with Crippen molar-refractivity contribution in [1.82, 2.24) is 9.55 Å². The van der Waals surface area contributed by atoms with Gasteiger partial charge in [0, 0.05) is 18.1 Å². The first-order valence-electron chi connectivity index (χ1n) is 11.5. The predicted octanol–water partition coefficient (Wildman–Crippen LogP) is 2.36. The molecule has 4 atom stereocenters. The standard InChI is InChI=1S/C23H34FN2O11P/c1-21(2,3)18(29)33-12-35-38(32,36-13-34-19(30)22(4,5)6)11-9-14-16(28)23(7,24)17(37-14)26-10-8-15(27)25-20(26)31/h8-11,14,16-17,28H,12-13H2,1-7H3,(H,25,27,31)/b11-9-/t14-,16+,17-,23?/m1/s1. The number of esters is 2. The fraction of sp³-hybridized carbons (Fsp3) is 0.652. The molecule has 1 aromatic rings. The number of halogens is 1. The molecule has 0 amide bonds. The summed E-state index contributed by atoms with van der Waals surface area (Å²) in [6.07, 6.45) is -2.97. The Labute approximate surface area is 218 Å². The predicted molar refractivity (Wildman–Crippen MR) is 130 cm³/mol. The second kappa shape index (κ2) is 11.6. The summed E-state index contributed by atoms with van der Waals surface area (Å²) in [7, 11) is -4.33. The molecular formula is C23H34FN2O11P. The summed E-state index contributed by atoms with van der Waals surface area (Å²) < 4.78 is 55.1. The molecule has 1 unspecified atom stereocenters. The molecular weight excluding hydrogens is 530 g/mol. The van der Waals surface area contributed by atoms with Gasteiger partial charge in [-0.1, -0.05) is 0 Å². The molecule has 2 rings (SSSR count). The Morgan fingerprint density at radius 2 is 1.63 bits per heavy atom. The van der Waals surface area contributed by atoms with E-state index in [-0.39, 0.29) is 0 Å². The Kier molecular flexibility index (Phi) is 9.66. The number of hydrogen-bond donors (Lipinski definition) is 2. The van der Waals surface area contributed by atoms with Crippen LogP contribution in [-0.2, 0) is 37.4 Å². The minimum atomic E-state index is -4.33. The molecule has 15 heteroatoms. The van der Waals surface area contributed by atoms with E-state index < -0.39 is 79.3 Å². The zero-order chi connectivity index (χ0) is 29.1. The summed E-state index contributed by atoms with van der Waals surface area (Å²) in [5.74, 6) is -0.501. The van der Waals surface area contributed by atoms with E-state index in [1.807, 2.05) is 4.98 Å². The Morgan fingerprint density at radius 1 is 1.13 bits per heavy atom.